The van der Waals surface area contributed by atoms with Crippen molar-refractivity contribution in [3.8, 4) is 5.75 Å². The van der Waals surface area contributed by atoms with Gasteiger partial charge >= 0.3 is 0 Å². The zero-order valence-electron chi connectivity index (χ0n) is 8.96. The van der Waals surface area contributed by atoms with Crippen molar-refractivity contribution in [3.63, 3.8) is 0 Å². The average Bonchev–Trinajstić information content (AvgIpc) is 2.30. The zero-order valence-corrected chi connectivity index (χ0v) is 12.6. The largest absolute Gasteiger partial charge is 0.508 e. The Hall–Kier alpha value is -0.360. The molecule has 0 saturated carbocycles. The van der Waals surface area contributed by atoms with Crippen molar-refractivity contribution in [1.29, 1.82) is 0 Å². The second kappa shape index (κ2) is 8.69. The van der Waals surface area contributed by atoms with Crippen LogP contribution in [0.1, 0.15) is 0 Å². The highest BCUT2D eigenvalue weighted by Crippen LogP contribution is 2.37. The molecule has 0 aromatic heterocycles. The molecule has 17 heavy (non-hydrogen) atoms. The first-order valence-corrected chi connectivity index (χ1v) is 6.68. The van der Waals surface area contributed by atoms with E-state index in [1.807, 2.05) is 30.3 Å². The van der Waals surface area contributed by atoms with Crippen molar-refractivity contribution in [2.45, 2.75) is 9.79 Å². The first kappa shape index (κ1) is 16.6. The van der Waals surface area contributed by atoms with E-state index in [-0.39, 0.29) is 27.0 Å². The lowest BCUT2D eigenvalue weighted by Gasteiger charge is -2.00. The molecule has 0 aliphatic rings. The van der Waals surface area contributed by atoms with Crippen LogP contribution in [0.2, 0.25) is 0 Å². The van der Waals surface area contributed by atoms with Gasteiger partial charge in [0.1, 0.15) is 5.75 Å². The van der Waals surface area contributed by atoms with Gasteiger partial charge in [0.25, 0.3) is 0 Å². The highest BCUT2D eigenvalue weighted by molar-refractivity contribution is 8.76. The topological polar surface area (TPSA) is 20.2 Å². The van der Waals surface area contributed by atoms with Gasteiger partial charge in [-0.1, -0.05) is 39.8 Å². The Morgan fingerprint density at radius 2 is 1.12 bits per heavy atom. The third-order valence-electron chi connectivity index (χ3n) is 1.81. The number of hydrogen-bond donors (Lipinski definition) is 1. The zero-order chi connectivity index (χ0) is 10.5. The molecule has 0 amide bonds. The molecule has 2 aromatic rings. The standard InChI is InChI=1S/C12H10OS2.2H2S/c13-10-6-8-12(9-7-10)15-14-11-4-2-1-3-5-11;;/h1-9,13H;2*1H2. The van der Waals surface area contributed by atoms with E-state index in [0.717, 1.165) is 4.90 Å². The maximum absolute atomic E-state index is 9.13. The summed E-state index contributed by atoms with van der Waals surface area (Å²) >= 11 is 0. The van der Waals surface area contributed by atoms with Crippen molar-refractivity contribution in [2.24, 2.45) is 0 Å². The molecule has 0 spiro atoms. The van der Waals surface area contributed by atoms with Gasteiger partial charge in [0.2, 0.25) is 0 Å². The highest BCUT2D eigenvalue weighted by Gasteiger charge is 1.96. The van der Waals surface area contributed by atoms with Crippen molar-refractivity contribution < 1.29 is 5.11 Å². The third kappa shape index (κ3) is 5.68. The maximum atomic E-state index is 9.13. The smallest absolute Gasteiger partial charge is 0.115 e. The van der Waals surface area contributed by atoms with Gasteiger partial charge in [-0.05, 0) is 36.4 Å². The van der Waals surface area contributed by atoms with Crippen LogP contribution in [0.4, 0.5) is 0 Å². The monoisotopic (exact) mass is 302 g/mol. The summed E-state index contributed by atoms with van der Waals surface area (Å²) in [5.41, 5.74) is 0. The van der Waals surface area contributed by atoms with Crippen LogP contribution in [0.15, 0.2) is 64.4 Å². The minimum absolute atomic E-state index is 0. The van der Waals surface area contributed by atoms with Gasteiger partial charge in [0.05, 0.1) is 0 Å². The van der Waals surface area contributed by atoms with Crippen LogP contribution in [-0.4, -0.2) is 5.11 Å². The Kier molecular flexibility index (Phi) is 8.51. The summed E-state index contributed by atoms with van der Waals surface area (Å²) in [6.07, 6.45) is 0. The van der Waals surface area contributed by atoms with Crippen LogP contribution < -0.4 is 0 Å². The lowest BCUT2D eigenvalue weighted by molar-refractivity contribution is 0.475. The van der Waals surface area contributed by atoms with Crippen LogP contribution in [0, 0.1) is 0 Å². The predicted molar refractivity (Wildman–Crippen MR) is 87.0 cm³/mol. The molecule has 5 heteroatoms. The van der Waals surface area contributed by atoms with E-state index < -0.39 is 0 Å². The number of phenols is 1. The van der Waals surface area contributed by atoms with Crippen LogP contribution in [-0.2, 0) is 0 Å². The quantitative estimate of drug-likeness (QED) is 0.848. The molecule has 2 rings (SSSR count). The molecule has 2 aromatic carbocycles. The summed E-state index contributed by atoms with van der Waals surface area (Å²) in [7, 11) is 3.40. The molecule has 92 valence electrons. The lowest BCUT2D eigenvalue weighted by atomic mass is 10.3. The minimum Gasteiger partial charge on any atom is -0.508 e. The second-order valence-electron chi connectivity index (χ2n) is 2.97. The molecule has 0 saturated heterocycles. The third-order valence-corrected chi connectivity index (χ3v) is 4.23. The van der Waals surface area contributed by atoms with E-state index in [0.29, 0.717) is 5.75 Å². The number of phenolic OH excluding ortho intramolecular Hbond substituents is 1. The molecule has 0 aliphatic heterocycles. The van der Waals surface area contributed by atoms with Gasteiger partial charge in [0, 0.05) is 9.79 Å². The molecule has 1 N–H and O–H groups in total. The lowest BCUT2D eigenvalue weighted by Crippen LogP contribution is -1.68. The second-order valence-corrected chi connectivity index (χ2v) is 5.25. The van der Waals surface area contributed by atoms with E-state index in [9.17, 15) is 0 Å². The number of hydrogen-bond acceptors (Lipinski definition) is 3. The first-order valence-electron chi connectivity index (χ1n) is 4.53. The molecular weight excluding hydrogens is 288 g/mol. The van der Waals surface area contributed by atoms with Crippen LogP contribution >= 0.6 is 48.6 Å². The van der Waals surface area contributed by atoms with Gasteiger partial charge < -0.3 is 5.11 Å². The minimum atomic E-state index is 0. The summed E-state index contributed by atoms with van der Waals surface area (Å²) in [6.45, 7) is 0. The fourth-order valence-corrected chi connectivity index (χ4v) is 3.03. The summed E-state index contributed by atoms with van der Waals surface area (Å²) in [4.78, 5) is 2.37. The predicted octanol–water partition coefficient (Wildman–Crippen LogP) is 4.42. The van der Waals surface area contributed by atoms with Crippen LogP contribution in [0.3, 0.4) is 0 Å². The van der Waals surface area contributed by atoms with Gasteiger partial charge in [-0.2, -0.15) is 27.0 Å². The Morgan fingerprint density at radius 3 is 1.65 bits per heavy atom. The fraction of sp³-hybridized carbons (Fsp3) is 0. The Balaban J connectivity index is 0.00000128. The van der Waals surface area contributed by atoms with E-state index in [4.69, 9.17) is 5.11 Å². The van der Waals surface area contributed by atoms with Crippen LogP contribution in [0.25, 0.3) is 0 Å². The normalized spacial score (nSPS) is 8.94. The summed E-state index contributed by atoms with van der Waals surface area (Å²) in [6, 6.07) is 17.5. The Bertz CT molecular complexity index is 416. The summed E-state index contributed by atoms with van der Waals surface area (Å²) in [5, 5.41) is 9.13. The van der Waals surface area contributed by atoms with Crippen LogP contribution in [0.5, 0.6) is 5.75 Å². The summed E-state index contributed by atoms with van der Waals surface area (Å²) < 4.78 is 0. The summed E-state index contributed by atoms with van der Waals surface area (Å²) in [5.74, 6) is 0.309. The highest BCUT2D eigenvalue weighted by atomic mass is 33.1. The molecule has 0 bridgehead atoms. The molecule has 0 aliphatic carbocycles. The molecule has 1 nitrogen and oxygen atoms in total. The molecule has 0 fully saturated rings. The van der Waals surface area contributed by atoms with E-state index in [1.165, 1.54) is 4.90 Å². The number of aromatic hydroxyl groups is 1. The number of rotatable bonds is 3. The van der Waals surface area contributed by atoms with Crippen molar-refractivity contribution in [1.82, 2.24) is 0 Å². The van der Waals surface area contributed by atoms with E-state index in [1.54, 1.807) is 33.7 Å². The van der Waals surface area contributed by atoms with Gasteiger partial charge in [-0.15, -0.1) is 0 Å². The molecule has 0 heterocycles. The Morgan fingerprint density at radius 1 is 0.647 bits per heavy atom. The maximum Gasteiger partial charge on any atom is 0.115 e. The average molecular weight is 303 g/mol. The van der Waals surface area contributed by atoms with Gasteiger partial charge in [0.15, 0.2) is 0 Å². The van der Waals surface area contributed by atoms with Crippen molar-refractivity contribution in [3.05, 3.63) is 54.6 Å². The van der Waals surface area contributed by atoms with Crippen molar-refractivity contribution >= 4 is 48.6 Å². The molecular formula is C12H14OS4. The Labute approximate surface area is 123 Å². The van der Waals surface area contributed by atoms with Gasteiger partial charge in [-0.3, -0.25) is 0 Å². The fourth-order valence-electron chi connectivity index (χ4n) is 1.07. The SMILES string of the molecule is Oc1ccc(SSc2ccccc2)cc1.S.S. The van der Waals surface area contributed by atoms with E-state index in [2.05, 4.69) is 12.1 Å². The molecule has 0 radical (unpaired) electrons. The molecule has 0 unspecified atom stereocenters. The molecule has 0 atom stereocenters. The first-order chi connectivity index (χ1) is 7.34. The van der Waals surface area contributed by atoms with E-state index >= 15 is 0 Å². The van der Waals surface area contributed by atoms with Gasteiger partial charge in [-0.25, -0.2) is 0 Å². The van der Waals surface area contributed by atoms with Crippen molar-refractivity contribution in [2.75, 3.05) is 0 Å². The number of benzene rings is 2.